The lowest BCUT2D eigenvalue weighted by molar-refractivity contribution is 0.0780. The van der Waals surface area contributed by atoms with Crippen LogP contribution in [0.2, 0.25) is 0 Å². The fraction of sp³-hybridized carbons (Fsp3) is 0.0769. The highest BCUT2D eigenvalue weighted by molar-refractivity contribution is 7.55. The van der Waals surface area contributed by atoms with Gasteiger partial charge in [0.15, 0.2) is 0 Å². The van der Waals surface area contributed by atoms with Crippen LogP contribution in [0.3, 0.4) is 0 Å². The number of benzene rings is 10. The van der Waals surface area contributed by atoms with Gasteiger partial charge in [0.1, 0.15) is 45.8 Å². The van der Waals surface area contributed by atoms with Crippen LogP contribution in [0.4, 0.5) is 8.78 Å². The van der Waals surface area contributed by atoms with Crippen LogP contribution in [0.15, 0.2) is 267 Å². The van der Waals surface area contributed by atoms with Gasteiger partial charge < -0.3 is 19.3 Å². The van der Waals surface area contributed by atoms with Gasteiger partial charge in [0.25, 0.3) is 0 Å². The quantitative estimate of drug-likeness (QED) is 0.0854. The highest BCUT2D eigenvalue weighted by Gasteiger charge is 2.49. The van der Waals surface area contributed by atoms with Gasteiger partial charge in [-0.25, -0.2) is 13.9 Å². The standard InChI is InChI=1S/C65H49F2N6O5P/c66-63(67)79(76,77-55-39-35-53(36-40-55)64(51-27-9-3-10-28-51,72-59-33-15-13-31-57(59)68-70-72)61(74)49-25-17-23-47(43-49)45-19-5-1-6-20-45)78-56-41-37-54(38-42-56)65(52-29-11-4-12-30-52,73-60-34-16-14-32-58(60)69-71-73)62(75)50-26-18-24-48(44-50)46-21-7-2-8-22-46/h1-44,61-63,74-75H. The molecule has 388 valence electrons. The number of alkyl halides is 2. The van der Waals surface area contributed by atoms with Gasteiger partial charge in [-0.2, -0.15) is 8.78 Å². The summed E-state index contributed by atoms with van der Waals surface area (Å²) in [5.74, 6) is -0.367. The second-order valence-corrected chi connectivity index (χ2v) is 20.9. The number of halogens is 2. The van der Waals surface area contributed by atoms with Crippen molar-refractivity contribution in [1.82, 2.24) is 30.0 Å². The molecule has 0 aliphatic heterocycles. The van der Waals surface area contributed by atoms with Crippen molar-refractivity contribution in [2.45, 2.75) is 29.5 Å². The molecule has 12 aromatic rings. The molecule has 2 aromatic heterocycles. The Balaban J connectivity index is 0.922. The fourth-order valence-corrected chi connectivity index (χ4v) is 11.8. The van der Waals surface area contributed by atoms with Crippen LogP contribution in [0.5, 0.6) is 11.5 Å². The Labute approximate surface area is 453 Å². The molecule has 0 aliphatic rings. The van der Waals surface area contributed by atoms with Gasteiger partial charge in [0.05, 0.1) is 11.0 Å². The highest BCUT2D eigenvalue weighted by atomic mass is 31.2. The van der Waals surface area contributed by atoms with Crippen molar-refractivity contribution in [3.05, 3.63) is 300 Å². The van der Waals surface area contributed by atoms with Crippen molar-refractivity contribution < 1.29 is 32.6 Å². The minimum atomic E-state index is -5.31. The average molecular weight is 1060 g/mol. The zero-order chi connectivity index (χ0) is 54.0. The van der Waals surface area contributed by atoms with Crippen LogP contribution in [0, 0.1) is 0 Å². The maximum absolute atomic E-state index is 15.4. The molecule has 0 saturated carbocycles. The predicted octanol–water partition coefficient (Wildman–Crippen LogP) is 14.4. The number of hydrogen-bond acceptors (Lipinski definition) is 9. The number of fused-ring (bicyclic) bond motifs is 2. The summed E-state index contributed by atoms with van der Waals surface area (Å²) in [6.07, 6.45) is -6.23. The molecule has 2 N–H and O–H groups in total. The van der Waals surface area contributed by atoms with Crippen molar-refractivity contribution in [3.8, 4) is 33.8 Å². The molecule has 0 bridgehead atoms. The molecule has 14 heteroatoms. The Kier molecular flexibility index (Phi) is 13.5. The zero-order valence-corrected chi connectivity index (χ0v) is 43.0. The Morgan fingerprint density at radius 3 is 1.10 bits per heavy atom. The first-order valence-corrected chi connectivity index (χ1v) is 27.2. The van der Waals surface area contributed by atoms with E-state index in [0.29, 0.717) is 55.4 Å². The van der Waals surface area contributed by atoms with Gasteiger partial charge in [-0.05, 0) is 116 Å². The summed E-state index contributed by atoms with van der Waals surface area (Å²) in [5, 5.41) is 44.6. The fourth-order valence-electron chi connectivity index (χ4n) is 10.8. The molecule has 0 fully saturated rings. The number of para-hydroxylation sites is 2. The summed E-state index contributed by atoms with van der Waals surface area (Å²) >= 11 is 0. The number of aromatic nitrogens is 6. The first kappa shape index (κ1) is 50.4. The van der Waals surface area contributed by atoms with Gasteiger partial charge >= 0.3 is 13.8 Å². The van der Waals surface area contributed by atoms with E-state index in [4.69, 9.17) is 19.5 Å². The summed E-state index contributed by atoms with van der Waals surface area (Å²) in [6.45, 7) is 0. The van der Waals surface area contributed by atoms with Crippen LogP contribution < -0.4 is 9.05 Å². The molecule has 11 nitrogen and oxygen atoms in total. The first-order valence-electron chi connectivity index (χ1n) is 25.5. The number of aliphatic hydroxyl groups excluding tert-OH is 2. The molecule has 10 aromatic carbocycles. The topological polar surface area (TPSA) is 137 Å². The van der Waals surface area contributed by atoms with Crippen molar-refractivity contribution in [2.24, 2.45) is 0 Å². The minimum absolute atomic E-state index is 0.183. The van der Waals surface area contributed by atoms with Crippen LogP contribution in [-0.4, -0.2) is 46.4 Å². The third kappa shape index (κ3) is 9.13. The van der Waals surface area contributed by atoms with Gasteiger partial charge in [0, 0.05) is 0 Å². The molecule has 0 amide bonds. The Morgan fingerprint density at radius 1 is 0.392 bits per heavy atom. The van der Waals surface area contributed by atoms with E-state index in [0.717, 1.165) is 22.3 Å². The summed E-state index contributed by atoms with van der Waals surface area (Å²) in [5.41, 5.74) is 6.40. The lowest BCUT2D eigenvalue weighted by atomic mass is 9.75. The second kappa shape index (κ2) is 21.2. The van der Waals surface area contributed by atoms with Gasteiger partial charge in [-0.1, -0.05) is 217 Å². The molecule has 12 rings (SSSR count). The van der Waals surface area contributed by atoms with Crippen molar-refractivity contribution in [1.29, 1.82) is 0 Å². The lowest BCUT2D eigenvalue weighted by Gasteiger charge is -2.40. The Hall–Kier alpha value is -9.39. The lowest BCUT2D eigenvalue weighted by Crippen LogP contribution is -2.43. The third-order valence-electron chi connectivity index (χ3n) is 14.5. The molecular weight excluding hydrogens is 1010 g/mol. The summed E-state index contributed by atoms with van der Waals surface area (Å²) in [4.78, 5) is 0. The second-order valence-electron chi connectivity index (χ2n) is 19.1. The maximum atomic E-state index is 15.4. The van der Waals surface area contributed by atoms with Gasteiger partial charge in [-0.3, -0.25) is 0 Å². The molecule has 0 spiro atoms. The smallest absolute Gasteiger partial charge is 0.412 e. The van der Waals surface area contributed by atoms with E-state index in [2.05, 4.69) is 10.2 Å². The molecule has 0 aliphatic carbocycles. The predicted molar refractivity (Wildman–Crippen MR) is 302 cm³/mol. The molecule has 0 saturated heterocycles. The van der Waals surface area contributed by atoms with E-state index in [1.807, 2.05) is 218 Å². The van der Waals surface area contributed by atoms with Crippen LogP contribution in [0.25, 0.3) is 44.3 Å². The van der Waals surface area contributed by atoms with Crippen LogP contribution in [-0.2, 0) is 15.6 Å². The minimum Gasteiger partial charge on any atom is -0.412 e. The van der Waals surface area contributed by atoms with E-state index < -0.39 is 37.0 Å². The van der Waals surface area contributed by atoms with E-state index >= 15 is 8.78 Å². The van der Waals surface area contributed by atoms with E-state index in [9.17, 15) is 14.8 Å². The highest BCUT2D eigenvalue weighted by Crippen LogP contribution is 2.55. The zero-order valence-electron chi connectivity index (χ0n) is 42.1. The molecular formula is C65H49F2N6O5P. The van der Waals surface area contributed by atoms with Crippen molar-refractivity contribution >= 4 is 29.7 Å². The SMILES string of the molecule is O=P(Oc1ccc(C(c2ccccc2)(C(O)c2cccc(-c3ccccc3)c2)n2nnc3ccccc32)cc1)(Oc1ccc(C(c2ccccc2)(C(O)c2cccc(-c3ccccc3)c2)n2nnc3ccccc32)cc1)C(F)F. The average Bonchev–Trinajstić information content (AvgIpc) is 4.25. The van der Waals surface area contributed by atoms with E-state index in [1.165, 1.54) is 24.3 Å². The van der Waals surface area contributed by atoms with Crippen LogP contribution in [0.1, 0.15) is 45.6 Å². The number of aliphatic hydroxyl groups is 2. The molecule has 4 unspecified atom stereocenters. The number of nitrogens with zero attached hydrogens (tertiary/aromatic N) is 6. The third-order valence-corrected chi connectivity index (χ3v) is 15.9. The Bertz CT molecular complexity index is 3840. The number of hydrogen-bond donors (Lipinski definition) is 2. The van der Waals surface area contributed by atoms with Gasteiger partial charge in [-0.15, -0.1) is 10.2 Å². The monoisotopic (exact) mass is 1060 g/mol. The molecule has 2 heterocycles. The Morgan fingerprint density at radius 2 is 0.722 bits per heavy atom. The largest absolute Gasteiger partial charge is 0.497 e. The van der Waals surface area contributed by atoms with Crippen LogP contribution >= 0.6 is 7.60 Å². The molecule has 0 radical (unpaired) electrons. The summed E-state index contributed by atoms with van der Waals surface area (Å²) < 4.78 is 60.1. The molecule has 4 atom stereocenters. The van der Waals surface area contributed by atoms with Crippen molar-refractivity contribution in [3.63, 3.8) is 0 Å². The van der Waals surface area contributed by atoms with E-state index in [1.54, 1.807) is 33.6 Å². The summed E-state index contributed by atoms with van der Waals surface area (Å²) in [7, 11) is -5.31. The number of rotatable bonds is 17. The first-order chi connectivity index (χ1) is 38.7. The van der Waals surface area contributed by atoms with Crippen molar-refractivity contribution in [2.75, 3.05) is 0 Å². The summed E-state index contributed by atoms with van der Waals surface area (Å²) in [6, 6.07) is 80.7. The van der Waals surface area contributed by atoms with Gasteiger partial charge in [0.2, 0.25) is 0 Å². The normalized spacial score (nSPS) is 14.7. The molecule has 79 heavy (non-hydrogen) atoms. The van der Waals surface area contributed by atoms with E-state index in [-0.39, 0.29) is 11.5 Å². The maximum Gasteiger partial charge on any atom is 0.497 e.